The maximum atomic E-state index is 11.9. The molecule has 0 bridgehead atoms. The molecule has 0 aromatic heterocycles. The van der Waals surface area contributed by atoms with Crippen LogP contribution in [0.5, 0.6) is 0 Å². The molecule has 3 heteroatoms. The molecule has 2 aliphatic carbocycles. The highest BCUT2D eigenvalue weighted by Gasteiger charge is 2.52. The molecule has 3 nitrogen and oxygen atoms in total. The van der Waals surface area contributed by atoms with Gasteiger partial charge in [0.25, 0.3) is 0 Å². The van der Waals surface area contributed by atoms with Crippen molar-refractivity contribution in [3.8, 4) is 6.07 Å². The molecule has 0 aromatic carbocycles. The molecule has 2 fully saturated rings. The Labute approximate surface area is 146 Å². The zero-order chi connectivity index (χ0) is 18.0. The highest BCUT2D eigenvalue weighted by Crippen LogP contribution is 2.61. The molecule has 2 saturated carbocycles. The molecular formula is C21H31NO2. The molecule has 0 aliphatic heterocycles. The summed E-state index contributed by atoms with van der Waals surface area (Å²) in [6.07, 6.45) is 8.91. The molecular weight excluding hydrogens is 298 g/mol. The number of fused-ring (bicyclic) bond motifs is 1. The zero-order valence-corrected chi connectivity index (χ0v) is 15.7. The first-order valence-corrected chi connectivity index (χ1v) is 9.08. The van der Waals surface area contributed by atoms with Gasteiger partial charge in [-0.05, 0) is 54.8 Å². The monoisotopic (exact) mass is 329 g/mol. The van der Waals surface area contributed by atoms with Crippen molar-refractivity contribution >= 4 is 5.97 Å². The fourth-order valence-corrected chi connectivity index (χ4v) is 5.41. The number of rotatable bonds is 4. The molecule has 2 rings (SSSR count). The Morgan fingerprint density at radius 3 is 2.75 bits per heavy atom. The molecule has 0 heterocycles. The van der Waals surface area contributed by atoms with Gasteiger partial charge in [-0.15, -0.1) is 0 Å². The summed E-state index contributed by atoms with van der Waals surface area (Å²) in [6, 6.07) is 2.07. The van der Waals surface area contributed by atoms with E-state index >= 15 is 0 Å². The molecule has 0 aromatic rings. The second kappa shape index (κ2) is 7.13. The number of nitriles is 1. The smallest absolute Gasteiger partial charge is 0.334 e. The van der Waals surface area contributed by atoms with Crippen molar-refractivity contribution < 1.29 is 9.53 Å². The van der Waals surface area contributed by atoms with Crippen LogP contribution in [-0.4, -0.2) is 13.1 Å². The summed E-state index contributed by atoms with van der Waals surface area (Å²) in [4.78, 5) is 11.9. The van der Waals surface area contributed by atoms with Crippen LogP contribution < -0.4 is 0 Å². The van der Waals surface area contributed by atoms with Crippen LogP contribution in [0, 0.1) is 34.0 Å². The van der Waals surface area contributed by atoms with Crippen molar-refractivity contribution in [2.75, 3.05) is 7.11 Å². The minimum absolute atomic E-state index is 0.109. The molecule has 2 aliphatic rings. The van der Waals surface area contributed by atoms with Gasteiger partial charge in [-0.3, -0.25) is 0 Å². The molecule has 0 radical (unpaired) electrons. The van der Waals surface area contributed by atoms with Gasteiger partial charge in [-0.2, -0.15) is 5.26 Å². The number of allylic oxidation sites excluding steroid dienone is 2. The van der Waals surface area contributed by atoms with Gasteiger partial charge in [0.15, 0.2) is 0 Å². The van der Waals surface area contributed by atoms with Crippen LogP contribution in [0.1, 0.15) is 65.7 Å². The Bertz CT molecular complexity index is 581. The number of hydrogen-bond donors (Lipinski definition) is 0. The van der Waals surface area contributed by atoms with Crippen molar-refractivity contribution in [1.29, 1.82) is 5.26 Å². The zero-order valence-electron chi connectivity index (χ0n) is 15.7. The summed E-state index contributed by atoms with van der Waals surface area (Å²) < 4.78 is 4.82. The first kappa shape index (κ1) is 18.8. The fraction of sp³-hybridized carbons (Fsp3) is 0.714. The van der Waals surface area contributed by atoms with E-state index < -0.39 is 0 Å². The van der Waals surface area contributed by atoms with Crippen LogP contribution in [0.4, 0.5) is 0 Å². The lowest BCUT2D eigenvalue weighted by Crippen LogP contribution is -2.49. The Hall–Kier alpha value is -1.56. The maximum absolute atomic E-state index is 11.9. The quantitative estimate of drug-likeness (QED) is 0.405. The van der Waals surface area contributed by atoms with E-state index in [9.17, 15) is 4.79 Å². The first-order chi connectivity index (χ1) is 11.3. The average Bonchev–Trinajstić information content (AvgIpc) is 2.51. The summed E-state index contributed by atoms with van der Waals surface area (Å²) in [5, 5.41) is 8.96. The van der Waals surface area contributed by atoms with E-state index in [1.165, 1.54) is 38.4 Å². The normalized spacial score (nSPS) is 32.6. The minimum atomic E-state index is -0.386. The topological polar surface area (TPSA) is 50.1 Å². The van der Waals surface area contributed by atoms with Crippen molar-refractivity contribution in [2.24, 2.45) is 22.7 Å². The van der Waals surface area contributed by atoms with Crippen LogP contribution in [0.15, 0.2) is 23.8 Å². The number of carbonyl (C=O) groups is 1. The molecule has 132 valence electrons. The summed E-state index contributed by atoms with van der Waals surface area (Å²) in [6.45, 7) is 11.6. The van der Waals surface area contributed by atoms with Crippen LogP contribution in [0.3, 0.4) is 0 Å². The Morgan fingerprint density at radius 1 is 1.42 bits per heavy atom. The van der Waals surface area contributed by atoms with Crippen molar-refractivity contribution in [3.05, 3.63) is 23.8 Å². The second-order valence-corrected chi connectivity index (χ2v) is 8.44. The maximum Gasteiger partial charge on any atom is 0.334 e. The summed E-state index contributed by atoms with van der Waals surface area (Å²) >= 11 is 0. The number of ether oxygens (including phenoxy) is 1. The fourth-order valence-electron chi connectivity index (χ4n) is 5.41. The van der Waals surface area contributed by atoms with Gasteiger partial charge in [-0.25, -0.2) is 4.79 Å². The van der Waals surface area contributed by atoms with Gasteiger partial charge in [-0.1, -0.05) is 45.4 Å². The summed E-state index contributed by atoms with van der Waals surface area (Å²) in [5.41, 5.74) is 2.40. The van der Waals surface area contributed by atoms with Crippen LogP contribution >= 0.6 is 0 Å². The summed E-state index contributed by atoms with van der Waals surface area (Å²) in [7, 11) is 1.37. The predicted molar refractivity (Wildman–Crippen MR) is 96.0 cm³/mol. The third-order valence-corrected chi connectivity index (χ3v) is 6.64. The summed E-state index contributed by atoms with van der Waals surface area (Å²) in [5.74, 6) is 0.693. The second-order valence-electron chi connectivity index (χ2n) is 8.44. The van der Waals surface area contributed by atoms with Gasteiger partial charge in [0, 0.05) is 5.57 Å². The largest absolute Gasteiger partial charge is 0.466 e. The molecule has 0 saturated heterocycles. The van der Waals surface area contributed by atoms with Gasteiger partial charge < -0.3 is 4.74 Å². The molecule has 0 spiro atoms. The van der Waals surface area contributed by atoms with Gasteiger partial charge in [0.1, 0.15) is 0 Å². The number of esters is 1. The van der Waals surface area contributed by atoms with E-state index in [0.29, 0.717) is 22.8 Å². The van der Waals surface area contributed by atoms with E-state index in [-0.39, 0.29) is 17.8 Å². The van der Waals surface area contributed by atoms with E-state index in [1.54, 1.807) is 0 Å². The lowest BCUT2D eigenvalue weighted by Gasteiger charge is -2.58. The predicted octanol–water partition coefficient (Wildman–Crippen LogP) is 5.19. The Kier molecular flexibility index (Phi) is 5.58. The van der Waals surface area contributed by atoms with Crippen LogP contribution in [0.25, 0.3) is 0 Å². The number of nitrogens with zero attached hydrogens (tertiary/aromatic N) is 1. The molecule has 1 unspecified atom stereocenters. The lowest BCUT2D eigenvalue weighted by atomic mass is 9.47. The van der Waals surface area contributed by atoms with E-state index in [1.807, 2.05) is 6.08 Å². The van der Waals surface area contributed by atoms with Crippen molar-refractivity contribution in [3.63, 3.8) is 0 Å². The number of carbonyl (C=O) groups excluding carboxylic acids is 1. The van der Waals surface area contributed by atoms with Gasteiger partial charge in [0.05, 0.1) is 19.6 Å². The van der Waals surface area contributed by atoms with Gasteiger partial charge in [0.2, 0.25) is 0 Å². The number of hydrogen-bond acceptors (Lipinski definition) is 3. The van der Waals surface area contributed by atoms with Crippen LogP contribution in [0.2, 0.25) is 0 Å². The minimum Gasteiger partial charge on any atom is -0.466 e. The highest BCUT2D eigenvalue weighted by molar-refractivity contribution is 5.88. The Morgan fingerprint density at radius 2 is 2.12 bits per heavy atom. The van der Waals surface area contributed by atoms with Gasteiger partial charge >= 0.3 is 5.97 Å². The van der Waals surface area contributed by atoms with E-state index in [2.05, 4.69) is 33.4 Å². The standard InChI is InChI=1S/C21H31NO2/c1-15-7-10-18-20(2,3)12-6-13-21(18,4)17(15)9-8-16(11-14-22)19(23)24-5/h8,17-18H,1,6-7,9-13H2,2-5H3/b16-8+/t17-,18?,21+/m0/s1. The van der Waals surface area contributed by atoms with Crippen molar-refractivity contribution in [2.45, 2.75) is 65.7 Å². The molecule has 3 atom stereocenters. The third kappa shape index (κ3) is 3.43. The van der Waals surface area contributed by atoms with Crippen LogP contribution in [-0.2, 0) is 9.53 Å². The number of methoxy groups -OCH3 is 1. The SMILES string of the molecule is C=C1CCC2C(C)(C)CCC[C@]2(C)[C@H]1C/C=C(\CC#N)C(=O)OC. The first-order valence-electron chi connectivity index (χ1n) is 9.08. The molecule has 0 N–H and O–H groups in total. The highest BCUT2D eigenvalue weighted by atomic mass is 16.5. The van der Waals surface area contributed by atoms with Crippen molar-refractivity contribution in [1.82, 2.24) is 0 Å². The third-order valence-electron chi connectivity index (χ3n) is 6.64. The molecule has 0 amide bonds. The van der Waals surface area contributed by atoms with E-state index in [4.69, 9.17) is 10.00 Å². The van der Waals surface area contributed by atoms with E-state index in [0.717, 1.165) is 12.8 Å². The average molecular weight is 329 g/mol. The molecule has 24 heavy (non-hydrogen) atoms. The lowest BCUT2D eigenvalue weighted by molar-refractivity contribution is -0.136. The Balaban J connectivity index is 2.28.